The molecule has 2 N–H and O–H groups in total. The molecule has 82 valence electrons. The molecule has 5 heteroatoms. The first-order valence-electron chi connectivity index (χ1n) is 4.63. The maximum Gasteiger partial charge on any atom is 0.345 e. The first kappa shape index (κ1) is 11.7. The minimum Gasteiger partial charge on any atom is -0.477 e. The van der Waals surface area contributed by atoms with E-state index in [1.54, 1.807) is 6.07 Å². The number of rotatable bonds is 5. The van der Waals surface area contributed by atoms with E-state index in [4.69, 9.17) is 10.3 Å². The molecule has 0 aliphatic rings. The van der Waals surface area contributed by atoms with Gasteiger partial charge in [-0.05, 0) is 30.9 Å². The molecule has 0 amide bonds. The van der Waals surface area contributed by atoms with Gasteiger partial charge in [0, 0.05) is 11.1 Å². The van der Waals surface area contributed by atoms with Gasteiger partial charge in [-0.15, -0.1) is 16.5 Å². The van der Waals surface area contributed by atoms with Crippen molar-refractivity contribution in [3.05, 3.63) is 21.9 Å². The van der Waals surface area contributed by atoms with E-state index < -0.39 is 5.97 Å². The summed E-state index contributed by atoms with van der Waals surface area (Å²) in [4.78, 5) is 12.0. The number of hydrogen-bond donors (Lipinski definition) is 2. The van der Waals surface area contributed by atoms with Crippen molar-refractivity contribution in [3.8, 4) is 0 Å². The first-order valence-corrected chi connectivity index (χ1v) is 5.44. The second-order valence-corrected chi connectivity index (χ2v) is 4.52. The summed E-state index contributed by atoms with van der Waals surface area (Å²) >= 11 is 1.29. The highest BCUT2D eigenvalue weighted by Gasteiger charge is 2.07. The Labute approximate surface area is 91.9 Å². The Bertz CT molecular complexity index is 359. The Balaban J connectivity index is 2.47. The van der Waals surface area contributed by atoms with Gasteiger partial charge in [-0.2, -0.15) is 0 Å². The number of aryl methyl sites for hydroxylation is 1. The van der Waals surface area contributed by atoms with Crippen LogP contribution in [0.15, 0.2) is 17.3 Å². The molecule has 1 atom stereocenters. The topological polar surface area (TPSA) is 69.9 Å². The molecule has 0 bridgehead atoms. The summed E-state index contributed by atoms with van der Waals surface area (Å²) in [5, 5.41) is 20.0. The maximum atomic E-state index is 10.6. The van der Waals surface area contributed by atoms with Gasteiger partial charge in [0.25, 0.3) is 0 Å². The minimum atomic E-state index is -0.879. The lowest BCUT2D eigenvalue weighted by Gasteiger charge is -2.01. The Morgan fingerprint density at radius 3 is 2.93 bits per heavy atom. The Hall–Kier alpha value is -1.36. The van der Waals surface area contributed by atoms with E-state index in [1.165, 1.54) is 17.6 Å². The van der Waals surface area contributed by atoms with Gasteiger partial charge in [0.2, 0.25) is 0 Å². The zero-order chi connectivity index (χ0) is 11.3. The second-order valence-electron chi connectivity index (χ2n) is 3.35. The zero-order valence-corrected chi connectivity index (χ0v) is 9.20. The van der Waals surface area contributed by atoms with Gasteiger partial charge >= 0.3 is 5.97 Å². The van der Waals surface area contributed by atoms with Crippen molar-refractivity contribution in [3.63, 3.8) is 0 Å². The number of carbonyl (C=O) groups is 1. The fourth-order valence-corrected chi connectivity index (χ4v) is 2.05. The second kappa shape index (κ2) is 5.50. The largest absolute Gasteiger partial charge is 0.477 e. The van der Waals surface area contributed by atoms with Crippen molar-refractivity contribution in [1.82, 2.24) is 0 Å². The third kappa shape index (κ3) is 3.71. The number of nitrogens with zero attached hydrogens (tertiary/aromatic N) is 1. The summed E-state index contributed by atoms with van der Waals surface area (Å²) in [5.74, 6) is -0.679. The van der Waals surface area contributed by atoms with Crippen molar-refractivity contribution in [2.24, 2.45) is 11.1 Å². The highest BCUT2D eigenvalue weighted by Crippen LogP contribution is 2.19. The van der Waals surface area contributed by atoms with Crippen LogP contribution < -0.4 is 0 Å². The average Bonchev–Trinajstić information content (AvgIpc) is 2.63. The Morgan fingerprint density at radius 1 is 1.67 bits per heavy atom. The zero-order valence-electron chi connectivity index (χ0n) is 8.38. The van der Waals surface area contributed by atoms with Crippen molar-refractivity contribution in [1.29, 1.82) is 0 Å². The van der Waals surface area contributed by atoms with Crippen LogP contribution in [0, 0.1) is 5.92 Å². The summed E-state index contributed by atoms with van der Waals surface area (Å²) in [6.07, 6.45) is 3.14. The van der Waals surface area contributed by atoms with Crippen LogP contribution in [0.25, 0.3) is 0 Å². The molecule has 0 aliphatic carbocycles. The van der Waals surface area contributed by atoms with Gasteiger partial charge in [-0.25, -0.2) is 4.79 Å². The smallest absolute Gasteiger partial charge is 0.345 e. The van der Waals surface area contributed by atoms with Crippen molar-refractivity contribution in [2.45, 2.75) is 19.8 Å². The normalized spacial score (nSPS) is 13.1. The van der Waals surface area contributed by atoms with Crippen molar-refractivity contribution in [2.75, 3.05) is 0 Å². The van der Waals surface area contributed by atoms with Gasteiger partial charge in [0.05, 0.1) is 0 Å². The van der Waals surface area contributed by atoms with Crippen LogP contribution in [0.5, 0.6) is 0 Å². The maximum absolute atomic E-state index is 10.6. The summed E-state index contributed by atoms with van der Waals surface area (Å²) in [6.45, 7) is 1.95. The van der Waals surface area contributed by atoms with Gasteiger partial charge in [-0.1, -0.05) is 6.92 Å². The molecule has 4 nitrogen and oxygen atoms in total. The molecule has 1 rings (SSSR count). The fourth-order valence-electron chi connectivity index (χ4n) is 1.19. The van der Waals surface area contributed by atoms with Crippen LogP contribution in [-0.2, 0) is 6.42 Å². The average molecular weight is 227 g/mol. The first-order chi connectivity index (χ1) is 7.13. The molecule has 1 unspecified atom stereocenters. The van der Waals surface area contributed by atoms with E-state index in [2.05, 4.69) is 5.16 Å². The summed E-state index contributed by atoms with van der Waals surface area (Å²) in [6, 6.07) is 3.45. The van der Waals surface area contributed by atoms with Gasteiger partial charge in [0.1, 0.15) is 4.88 Å². The van der Waals surface area contributed by atoms with E-state index in [0.717, 1.165) is 17.7 Å². The van der Waals surface area contributed by atoms with Gasteiger partial charge < -0.3 is 10.3 Å². The predicted molar refractivity (Wildman–Crippen MR) is 59.0 cm³/mol. The molecule has 1 aromatic rings. The number of carboxylic acids is 1. The van der Waals surface area contributed by atoms with Crippen LogP contribution in [0.4, 0.5) is 0 Å². The van der Waals surface area contributed by atoms with Gasteiger partial charge in [0.15, 0.2) is 0 Å². The molecule has 0 radical (unpaired) electrons. The number of thiophene rings is 1. The monoisotopic (exact) mass is 227 g/mol. The van der Waals surface area contributed by atoms with E-state index in [1.807, 2.05) is 13.0 Å². The third-order valence-electron chi connectivity index (χ3n) is 2.04. The molecule has 15 heavy (non-hydrogen) atoms. The summed E-state index contributed by atoms with van der Waals surface area (Å²) in [7, 11) is 0. The molecule has 0 saturated heterocycles. The molecular weight excluding hydrogens is 214 g/mol. The molecule has 1 heterocycles. The van der Waals surface area contributed by atoms with Crippen LogP contribution in [0.2, 0.25) is 0 Å². The molecular formula is C10H13NO3S. The van der Waals surface area contributed by atoms with Crippen LogP contribution in [0.3, 0.4) is 0 Å². The number of carboxylic acid groups (broad SMARTS) is 1. The van der Waals surface area contributed by atoms with Crippen molar-refractivity contribution >= 4 is 23.5 Å². The lowest BCUT2D eigenvalue weighted by molar-refractivity contribution is 0.0702. The fraction of sp³-hybridized carbons (Fsp3) is 0.400. The Kier molecular flexibility index (Phi) is 4.30. The highest BCUT2D eigenvalue weighted by molar-refractivity contribution is 7.13. The molecule has 0 aliphatic heterocycles. The highest BCUT2D eigenvalue weighted by atomic mass is 32.1. The Morgan fingerprint density at radius 2 is 2.40 bits per heavy atom. The summed E-state index contributed by atoms with van der Waals surface area (Å²) < 4.78 is 0. The SMILES string of the molecule is CC(C=NO)CCc1ccc(C(=O)O)s1. The van der Waals surface area contributed by atoms with Crippen LogP contribution in [0.1, 0.15) is 27.9 Å². The molecule has 0 aromatic carbocycles. The number of hydrogen-bond acceptors (Lipinski definition) is 4. The number of aromatic carboxylic acids is 1. The van der Waals surface area contributed by atoms with E-state index >= 15 is 0 Å². The van der Waals surface area contributed by atoms with Crippen LogP contribution in [-0.4, -0.2) is 22.5 Å². The molecule has 0 saturated carbocycles. The molecule has 0 spiro atoms. The third-order valence-corrected chi connectivity index (χ3v) is 3.17. The lowest BCUT2D eigenvalue weighted by Crippen LogP contribution is -1.97. The standard InChI is InChI=1S/C10H13NO3S/c1-7(6-11-14)2-3-8-4-5-9(15-8)10(12)13/h4-7,14H,2-3H2,1H3,(H,12,13). The van der Waals surface area contributed by atoms with E-state index in [9.17, 15) is 4.79 Å². The quantitative estimate of drug-likeness (QED) is 0.461. The molecule has 1 aromatic heterocycles. The van der Waals surface area contributed by atoms with E-state index in [0.29, 0.717) is 4.88 Å². The molecule has 0 fully saturated rings. The van der Waals surface area contributed by atoms with Crippen molar-refractivity contribution < 1.29 is 15.1 Å². The predicted octanol–water partition coefficient (Wildman–Crippen LogP) is 2.48. The van der Waals surface area contributed by atoms with Crippen LogP contribution >= 0.6 is 11.3 Å². The minimum absolute atomic E-state index is 0.199. The number of oxime groups is 1. The van der Waals surface area contributed by atoms with Gasteiger partial charge in [-0.3, -0.25) is 0 Å². The summed E-state index contributed by atoms with van der Waals surface area (Å²) in [5.41, 5.74) is 0. The van der Waals surface area contributed by atoms with E-state index in [-0.39, 0.29) is 5.92 Å². The lowest BCUT2D eigenvalue weighted by atomic mass is 10.1.